The van der Waals surface area contributed by atoms with Crippen LogP contribution >= 0.6 is 0 Å². The van der Waals surface area contributed by atoms with Crippen LogP contribution in [0.4, 0.5) is 0 Å². The SMILES string of the molecule is CC(C)(C)CN1CCC(C(C)(C)C)C1=O. The van der Waals surface area contributed by atoms with Gasteiger partial charge in [-0.25, -0.2) is 0 Å². The molecule has 1 heterocycles. The Bertz CT molecular complexity index is 244. The Morgan fingerprint density at radius 3 is 2.07 bits per heavy atom. The highest BCUT2D eigenvalue weighted by Gasteiger charge is 2.40. The number of amides is 1. The van der Waals surface area contributed by atoms with Crippen LogP contribution < -0.4 is 0 Å². The first-order valence-electron chi connectivity index (χ1n) is 5.90. The largest absolute Gasteiger partial charge is 0.342 e. The van der Waals surface area contributed by atoms with Crippen molar-refractivity contribution in [2.75, 3.05) is 13.1 Å². The fourth-order valence-electron chi connectivity index (χ4n) is 2.27. The molecule has 0 saturated carbocycles. The van der Waals surface area contributed by atoms with Crippen LogP contribution in [0.2, 0.25) is 0 Å². The quantitative estimate of drug-likeness (QED) is 0.653. The third-order valence-electron chi connectivity index (χ3n) is 3.01. The van der Waals surface area contributed by atoms with Gasteiger partial charge in [-0.15, -0.1) is 0 Å². The summed E-state index contributed by atoms with van der Waals surface area (Å²) in [4.78, 5) is 14.2. The summed E-state index contributed by atoms with van der Waals surface area (Å²) >= 11 is 0. The number of nitrogens with zero attached hydrogens (tertiary/aromatic N) is 1. The highest BCUT2D eigenvalue weighted by atomic mass is 16.2. The van der Waals surface area contributed by atoms with Crippen LogP contribution in [0.5, 0.6) is 0 Å². The number of hydrogen-bond acceptors (Lipinski definition) is 1. The molecular weight excluding hydrogens is 186 g/mol. The van der Waals surface area contributed by atoms with Crippen molar-refractivity contribution in [1.29, 1.82) is 0 Å². The molecule has 0 radical (unpaired) electrons. The van der Waals surface area contributed by atoms with Gasteiger partial charge in [0.15, 0.2) is 0 Å². The summed E-state index contributed by atoms with van der Waals surface area (Å²) in [5, 5.41) is 0. The molecule has 1 unspecified atom stereocenters. The summed E-state index contributed by atoms with van der Waals surface area (Å²) in [5.74, 6) is 0.581. The van der Waals surface area contributed by atoms with Gasteiger partial charge < -0.3 is 4.90 Å². The van der Waals surface area contributed by atoms with Gasteiger partial charge >= 0.3 is 0 Å². The van der Waals surface area contributed by atoms with Gasteiger partial charge in [0, 0.05) is 19.0 Å². The zero-order valence-electron chi connectivity index (χ0n) is 11.1. The van der Waals surface area contributed by atoms with Crippen molar-refractivity contribution in [3.63, 3.8) is 0 Å². The second-order valence-electron chi connectivity index (χ2n) is 7.03. The molecule has 1 saturated heterocycles. The monoisotopic (exact) mass is 211 g/mol. The summed E-state index contributed by atoms with van der Waals surface area (Å²) in [7, 11) is 0. The predicted molar refractivity (Wildman–Crippen MR) is 63.6 cm³/mol. The van der Waals surface area contributed by atoms with Crippen molar-refractivity contribution in [1.82, 2.24) is 4.90 Å². The zero-order chi connectivity index (χ0) is 11.9. The first-order chi connectivity index (χ1) is 6.61. The average molecular weight is 211 g/mol. The van der Waals surface area contributed by atoms with Gasteiger partial charge in [-0.05, 0) is 17.3 Å². The van der Waals surface area contributed by atoms with Gasteiger partial charge in [0.2, 0.25) is 5.91 Å². The molecule has 1 fully saturated rings. The zero-order valence-corrected chi connectivity index (χ0v) is 11.1. The van der Waals surface area contributed by atoms with Gasteiger partial charge in [0.25, 0.3) is 0 Å². The molecule has 0 spiro atoms. The van der Waals surface area contributed by atoms with Crippen LogP contribution in [0.1, 0.15) is 48.0 Å². The lowest BCUT2D eigenvalue weighted by atomic mass is 9.80. The van der Waals surface area contributed by atoms with Gasteiger partial charge in [0.05, 0.1) is 0 Å². The van der Waals surface area contributed by atoms with E-state index in [-0.39, 0.29) is 16.7 Å². The van der Waals surface area contributed by atoms with Crippen LogP contribution in [0.15, 0.2) is 0 Å². The fourth-order valence-corrected chi connectivity index (χ4v) is 2.27. The van der Waals surface area contributed by atoms with Crippen molar-refractivity contribution < 1.29 is 4.79 Å². The Morgan fingerprint density at radius 1 is 1.20 bits per heavy atom. The topological polar surface area (TPSA) is 20.3 Å². The van der Waals surface area contributed by atoms with E-state index in [1.165, 1.54) is 0 Å². The van der Waals surface area contributed by atoms with E-state index in [1.54, 1.807) is 0 Å². The molecule has 15 heavy (non-hydrogen) atoms. The van der Waals surface area contributed by atoms with Crippen molar-refractivity contribution in [2.24, 2.45) is 16.7 Å². The van der Waals surface area contributed by atoms with Crippen LogP contribution in [0.3, 0.4) is 0 Å². The van der Waals surface area contributed by atoms with E-state index in [0.717, 1.165) is 19.5 Å². The molecule has 0 N–H and O–H groups in total. The van der Waals surface area contributed by atoms with Crippen molar-refractivity contribution >= 4 is 5.91 Å². The number of likely N-dealkylation sites (tertiary alicyclic amines) is 1. The van der Waals surface area contributed by atoms with E-state index in [4.69, 9.17) is 0 Å². The molecule has 0 aromatic heterocycles. The standard InChI is InChI=1S/C13H25NO/c1-12(2,3)9-14-8-7-10(11(14)15)13(4,5)6/h10H,7-9H2,1-6H3. The smallest absolute Gasteiger partial charge is 0.226 e. The molecule has 1 amide bonds. The molecule has 2 heteroatoms. The third kappa shape index (κ3) is 3.22. The molecule has 2 nitrogen and oxygen atoms in total. The summed E-state index contributed by atoms with van der Waals surface area (Å²) in [6, 6.07) is 0. The Kier molecular flexibility index (Phi) is 3.18. The molecular formula is C13H25NO. The van der Waals surface area contributed by atoms with Gasteiger partial charge in [-0.1, -0.05) is 41.5 Å². The van der Waals surface area contributed by atoms with Gasteiger partial charge in [-0.2, -0.15) is 0 Å². The second kappa shape index (κ2) is 3.80. The van der Waals surface area contributed by atoms with E-state index in [1.807, 2.05) is 4.90 Å². The minimum absolute atomic E-state index is 0.115. The molecule has 1 atom stereocenters. The lowest BCUT2D eigenvalue weighted by Gasteiger charge is -2.29. The summed E-state index contributed by atoms with van der Waals surface area (Å²) in [5.41, 5.74) is 0.326. The van der Waals surface area contributed by atoms with Crippen molar-refractivity contribution in [3.05, 3.63) is 0 Å². The maximum atomic E-state index is 12.2. The molecule has 0 aromatic carbocycles. The van der Waals surface area contributed by atoms with E-state index in [9.17, 15) is 4.79 Å². The van der Waals surface area contributed by atoms with Crippen LogP contribution in [-0.2, 0) is 4.79 Å². The van der Waals surface area contributed by atoms with E-state index >= 15 is 0 Å². The van der Waals surface area contributed by atoms with E-state index in [2.05, 4.69) is 41.5 Å². The maximum Gasteiger partial charge on any atom is 0.226 e. The molecule has 1 rings (SSSR count). The Morgan fingerprint density at radius 2 is 1.73 bits per heavy atom. The van der Waals surface area contributed by atoms with Crippen LogP contribution in [-0.4, -0.2) is 23.9 Å². The Balaban J connectivity index is 2.65. The molecule has 88 valence electrons. The molecule has 0 bridgehead atoms. The van der Waals surface area contributed by atoms with Crippen molar-refractivity contribution in [3.8, 4) is 0 Å². The predicted octanol–water partition coefficient (Wildman–Crippen LogP) is 2.93. The number of rotatable bonds is 1. The molecule has 1 aliphatic heterocycles. The van der Waals surface area contributed by atoms with Gasteiger partial charge in [-0.3, -0.25) is 4.79 Å². The molecule has 0 aliphatic carbocycles. The minimum atomic E-state index is 0.115. The fraction of sp³-hybridized carbons (Fsp3) is 0.923. The number of carbonyl (C=O) groups is 1. The number of hydrogen-bond donors (Lipinski definition) is 0. The summed E-state index contributed by atoms with van der Waals surface area (Å²) < 4.78 is 0. The van der Waals surface area contributed by atoms with Crippen LogP contribution in [0, 0.1) is 16.7 Å². The molecule has 1 aliphatic rings. The number of carbonyl (C=O) groups excluding carboxylic acids is 1. The normalized spacial score (nSPS) is 23.7. The first-order valence-corrected chi connectivity index (χ1v) is 5.90. The first kappa shape index (κ1) is 12.5. The maximum absolute atomic E-state index is 12.2. The summed E-state index contributed by atoms with van der Waals surface area (Å²) in [6.07, 6.45) is 1.03. The molecule has 0 aromatic rings. The van der Waals surface area contributed by atoms with Crippen LogP contribution in [0.25, 0.3) is 0 Å². The van der Waals surface area contributed by atoms with E-state index in [0.29, 0.717) is 5.91 Å². The lowest BCUT2D eigenvalue weighted by molar-refractivity contribution is -0.134. The van der Waals surface area contributed by atoms with E-state index < -0.39 is 0 Å². The lowest BCUT2D eigenvalue weighted by Crippen LogP contribution is -2.37. The van der Waals surface area contributed by atoms with Gasteiger partial charge in [0.1, 0.15) is 0 Å². The second-order valence-corrected chi connectivity index (χ2v) is 7.03. The van der Waals surface area contributed by atoms with Crippen molar-refractivity contribution in [2.45, 2.75) is 48.0 Å². The minimum Gasteiger partial charge on any atom is -0.342 e. The highest BCUT2D eigenvalue weighted by Crippen LogP contribution is 2.35. The average Bonchev–Trinajstić information content (AvgIpc) is 2.27. The Labute approximate surface area is 94.0 Å². The highest BCUT2D eigenvalue weighted by molar-refractivity contribution is 5.81. The summed E-state index contributed by atoms with van der Waals surface area (Å²) in [6.45, 7) is 14.9. The Hall–Kier alpha value is -0.530. The third-order valence-corrected chi connectivity index (χ3v) is 3.01.